The molecule has 3 aromatic carbocycles. The molecule has 0 radical (unpaired) electrons. The Bertz CT molecular complexity index is 1200. The summed E-state index contributed by atoms with van der Waals surface area (Å²) in [6, 6.07) is 23.5. The molecule has 0 unspecified atom stereocenters. The maximum absolute atomic E-state index is 10.6. The summed E-state index contributed by atoms with van der Waals surface area (Å²) in [7, 11) is 0. The maximum Gasteiger partial charge on any atom is 0.139 e. The Morgan fingerprint density at radius 2 is 1.76 bits per heavy atom. The van der Waals surface area contributed by atoms with Crippen molar-refractivity contribution in [3.8, 4) is 23.3 Å². The molecule has 0 aliphatic rings. The van der Waals surface area contributed by atoms with Gasteiger partial charge in [0.25, 0.3) is 0 Å². The molecule has 6 nitrogen and oxygen atoms in total. The molecule has 4 rings (SSSR count). The molecule has 0 saturated heterocycles. The summed E-state index contributed by atoms with van der Waals surface area (Å²) in [5.74, 6) is 1.57. The number of nitriles is 1. The summed E-state index contributed by atoms with van der Waals surface area (Å²) in [6.07, 6.45) is 1.63. The first kappa shape index (κ1) is 18.1. The van der Waals surface area contributed by atoms with E-state index in [4.69, 9.17) is 9.47 Å². The van der Waals surface area contributed by atoms with Gasteiger partial charge < -0.3 is 9.47 Å². The first-order valence-electron chi connectivity index (χ1n) is 8.87. The Morgan fingerprint density at radius 1 is 0.966 bits per heavy atom. The molecule has 1 aromatic heterocycles. The van der Waals surface area contributed by atoms with Crippen molar-refractivity contribution in [1.82, 2.24) is 4.98 Å². The topological polar surface area (TPSA) is 84.6 Å². The van der Waals surface area contributed by atoms with Gasteiger partial charge in [0, 0.05) is 17.6 Å². The lowest BCUT2D eigenvalue weighted by atomic mass is 10.1. The van der Waals surface area contributed by atoms with Crippen LogP contribution in [0.1, 0.15) is 11.1 Å². The van der Waals surface area contributed by atoms with Crippen molar-refractivity contribution < 1.29 is 9.47 Å². The number of hydrogen-bond acceptors (Lipinski definition) is 6. The molecule has 6 heteroatoms. The summed E-state index contributed by atoms with van der Waals surface area (Å²) in [5, 5.41) is 13.1. The lowest BCUT2D eigenvalue weighted by Gasteiger charge is -2.12. The maximum atomic E-state index is 10.6. The molecule has 4 aromatic rings. The third-order valence-corrected chi connectivity index (χ3v) is 4.33. The second-order valence-electron chi connectivity index (χ2n) is 6.25. The summed E-state index contributed by atoms with van der Waals surface area (Å²) in [6.45, 7) is 0.355. The average molecular weight is 381 g/mol. The van der Waals surface area contributed by atoms with E-state index in [9.17, 15) is 10.2 Å². The van der Waals surface area contributed by atoms with E-state index in [0.717, 1.165) is 5.56 Å². The van der Waals surface area contributed by atoms with E-state index in [1.807, 2.05) is 30.3 Å². The number of pyridine rings is 1. The second-order valence-corrected chi connectivity index (χ2v) is 6.25. The molecule has 0 bridgehead atoms. The minimum Gasteiger partial charge on any atom is -0.487 e. The molecule has 0 saturated carbocycles. The van der Waals surface area contributed by atoms with E-state index < -0.39 is 0 Å². The van der Waals surface area contributed by atoms with Crippen molar-refractivity contribution >= 4 is 16.6 Å². The molecule has 140 valence electrons. The number of hydrogen-bond donors (Lipinski definition) is 0. The SMILES string of the molecule is N#Cc1cc2c(Oc3ccc(N=O)cc3)ccnc2cc1OCc1ccccc1. The van der Waals surface area contributed by atoms with Crippen LogP contribution in [0.4, 0.5) is 5.69 Å². The lowest BCUT2D eigenvalue weighted by molar-refractivity contribution is 0.305. The quantitative estimate of drug-likeness (QED) is 0.390. The molecule has 0 amide bonds. The largest absolute Gasteiger partial charge is 0.487 e. The molecule has 1 heterocycles. The molecular weight excluding hydrogens is 366 g/mol. The van der Waals surface area contributed by atoms with Crippen LogP contribution in [0, 0.1) is 16.2 Å². The zero-order valence-electron chi connectivity index (χ0n) is 15.3. The van der Waals surface area contributed by atoms with Crippen LogP contribution in [0.25, 0.3) is 10.9 Å². The highest BCUT2D eigenvalue weighted by atomic mass is 16.5. The highest BCUT2D eigenvalue weighted by Gasteiger charge is 2.12. The Morgan fingerprint density at radius 3 is 2.48 bits per heavy atom. The molecule has 0 aliphatic heterocycles. The normalized spacial score (nSPS) is 10.3. The van der Waals surface area contributed by atoms with E-state index in [-0.39, 0.29) is 0 Å². The van der Waals surface area contributed by atoms with E-state index in [1.54, 1.807) is 48.7 Å². The molecule has 29 heavy (non-hydrogen) atoms. The van der Waals surface area contributed by atoms with Gasteiger partial charge in [0.05, 0.1) is 11.1 Å². The molecule has 0 atom stereocenters. The first-order valence-corrected chi connectivity index (χ1v) is 8.87. The zero-order chi connectivity index (χ0) is 20.1. The van der Waals surface area contributed by atoms with Crippen molar-refractivity contribution in [3.05, 3.63) is 95.0 Å². The van der Waals surface area contributed by atoms with Gasteiger partial charge in [0.2, 0.25) is 0 Å². The van der Waals surface area contributed by atoms with Crippen LogP contribution in [0.2, 0.25) is 0 Å². The number of fused-ring (bicyclic) bond motifs is 1. The number of benzene rings is 3. The third-order valence-electron chi connectivity index (χ3n) is 4.33. The van der Waals surface area contributed by atoms with Crippen LogP contribution in [-0.2, 0) is 6.61 Å². The average Bonchev–Trinajstić information content (AvgIpc) is 2.78. The second kappa shape index (κ2) is 8.19. The third kappa shape index (κ3) is 4.04. The summed E-state index contributed by atoms with van der Waals surface area (Å²) in [5.41, 5.74) is 2.38. The molecule has 0 aliphatic carbocycles. The molecular formula is C23H15N3O3. The van der Waals surface area contributed by atoms with Crippen LogP contribution in [0.5, 0.6) is 17.2 Å². The van der Waals surface area contributed by atoms with Gasteiger partial charge in [-0.3, -0.25) is 4.98 Å². The Kier molecular flexibility index (Phi) is 5.12. The van der Waals surface area contributed by atoms with Gasteiger partial charge >= 0.3 is 0 Å². The van der Waals surface area contributed by atoms with E-state index in [1.165, 1.54) is 0 Å². The van der Waals surface area contributed by atoms with Gasteiger partial charge in [0.1, 0.15) is 35.6 Å². The van der Waals surface area contributed by atoms with Crippen LogP contribution >= 0.6 is 0 Å². The minimum atomic E-state index is 0.323. The van der Waals surface area contributed by atoms with E-state index in [0.29, 0.717) is 46.0 Å². The Balaban J connectivity index is 1.65. The van der Waals surface area contributed by atoms with Crippen LogP contribution < -0.4 is 9.47 Å². The highest BCUT2D eigenvalue weighted by Crippen LogP contribution is 2.33. The Labute approximate surface area is 166 Å². The number of nitrogens with zero attached hydrogens (tertiary/aromatic N) is 3. The van der Waals surface area contributed by atoms with Crippen molar-refractivity contribution in [2.45, 2.75) is 6.61 Å². The smallest absolute Gasteiger partial charge is 0.139 e. The van der Waals surface area contributed by atoms with E-state index >= 15 is 0 Å². The number of aromatic nitrogens is 1. The summed E-state index contributed by atoms with van der Waals surface area (Å²) in [4.78, 5) is 14.9. The molecule has 0 N–H and O–H groups in total. The minimum absolute atomic E-state index is 0.323. The van der Waals surface area contributed by atoms with Gasteiger partial charge in [-0.25, -0.2) is 0 Å². The van der Waals surface area contributed by atoms with Gasteiger partial charge in [-0.05, 0) is 47.1 Å². The van der Waals surface area contributed by atoms with Gasteiger partial charge in [-0.1, -0.05) is 30.3 Å². The predicted octanol–water partition coefficient (Wildman–Crippen LogP) is 5.88. The standard InChI is InChI=1S/C23H15N3O3/c24-14-17-12-20-21(13-23(17)28-15-16-4-2-1-3-5-16)25-11-10-22(20)29-19-8-6-18(26-27)7-9-19/h1-13H,15H2. The summed E-state index contributed by atoms with van der Waals surface area (Å²) >= 11 is 0. The van der Waals surface area contributed by atoms with Crippen molar-refractivity contribution in [2.75, 3.05) is 0 Å². The fourth-order valence-corrected chi connectivity index (χ4v) is 2.88. The van der Waals surface area contributed by atoms with Crippen molar-refractivity contribution in [3.63, 3.8) is 0 Å². The molecule has 0 spiro atoms. The Hall–Kier alpha value is -4.24. The summed E-state index contributed by atoms with van der Waals surface area (Å²) < 4.78 is 11.8. The van der Waals surface area contributed by atoms with Gasteiger partial charge in [-0.15, -0.1) is 4.91 Å². The van der Waals surface area contributed by atoms with Crippen LogP contribution in [-0.4, -0.2) is 4.98 Å². The fourth-order valence-electron chi connectivity index (χ4n) is 2.88. The number of ether oxygens (including phenoxy) is 2. The van der Waals surface area contributed by atoms with Crippen LogP contribution in [0.15, 0.2) is 84.2 Å². The molecule has 0 fully saturated rings. The van der Waals surface area contributed by atoms with E-state index in [2.05, 4.69) is 16.2 Å². The zero-order valence-corrected chi connectivity index (χ0v) is 15.3. The van der Waals surface area contributed by atoms with Crippen molar-refractivity contribution in [1.29, 1.82) is 5.26 Å². The fraction of sp³-hybridized carbons (Fsp3) is 0.0435. The lowest BCUT2D eigenvalue weighted by Crippen LogP contribution is -1.98. The van der Waals surface area contributed by atoms with Crippen LogP contribution in [0.3, 0.4) is 0 Å². The number of nitroso groups, excluding NO2 is 1. The van der Waals surface area contributed by atoms with Gasteiger partial charge in [0.15, 0.2) is 0 Å². The monoisotopic (exact) mass is 381 g/mol. The predicted molar refractivity (Wildman–Crippen MR) is 109 cm³/mol. The first-order chi connectivity index (χ1) is 14.3. The number of rotatable bonds is 6. The highest BCUT2D eigenvalue weighted by molar-refractivity contribution is 5.88. The van der Waals surface area contributed by atoms with Crippen molar-refractivity contribution in [2.24, 2.45) is 5.18 Å². The van der Waals surface area contributed by atoms with Gasteiger partial charge in [-0.2, -0.15) is 5.26 Å².